The van der Waals surface area contributed by atoms with Gasteiger partial charge in [-0.1, -0.05) is 0 Å². The highest BCUT2D eigenvalue weighted by Gasteiger charge is 2.20. The van der Waals surface area contributed by atoms with Crippen LogP contribution in [-0.2, 0) is 0 Å². The van der Waals surface area contributed by atoms with E-state index in [1.807, 2.05) is 29.8 Å². The van der Waals surface area contributed by atoms with E-state index in [0.717, 1.165) is 24.3 Å². The Kier molecular flexibility index (Phi) is 4.84. The van der Waals surface area contributed by atoms with E-state index >= 15 is 0 Å². The minimum atomic E-state index is -0.251. The van der Waals surface area contributed by atoms with Crippen LogP contribution < -0.4 is 10.2 Å². The van der Waals surface area contributed by atoms with Crippen LogP contribution in [0.5, 0.6) is 0 Å². The van der Waals surface area contributed by atoms with Crippen molar-refractivity contribution in [2.24, 2.45) is 0 Å². The average molecular weight is 341 g/mol. The molecule has 6 heteroatoms. The molecule has 0 bridgehead atoms. The van der Waals surface area contributed by atoms with Gasteiger partial charge in [0.1, 0.15) is 6.07 Å². The van der Waals surface area contributed by atoms with Crippen LogP contribution in [-0.4, -0.2) is 30.2 Å². The lowest BCUT2D eigenvalue weighted by atomic mass is 10.0. The van der Waals surface area contributed by atoms with Crippen molar-refractivity contribution in [1.82, 2.24) is 0 Å². The van der Waals surface area contributed by atoms with Gasteiger partial charge in [0.15, 0.2) is 0 Å². The third-order valence-electron chi connectivity index (χ3n) is 4.28. The topological polar surface area (TPSA) is 76.4 Å². The number of amides is 1. The first-order valence-electron chi connectivity index (χ1n) is 7.90. The van der Waals surface area contributed by atoms with Crippen molar-refractivity contribution in [3.63, 3.8) is 0 Å². The molecule has 2 heterocycles. The highest BCUT2D eigenvalue weighted by molar-refractivity contribution is 7.08. The molecular formula is C18H19N3O2S. The third-order valence-corrected chi connectivity index (χ3v) is 5.14. The maximum Gasteiger partial charge on any atom is 0.256 e. The first-order chi connectivity index (χ1) is 11.6. The number of benzene rings is 1. The van der Waals surface area contributed by atoms with E-state index in [-0.39, 0.29) is 12.0 Å². The van der Waals surface area contributed by atoms with Gasteiger partial charge in [0, 0.05) is 24.2 Å². The molecule has 1 aliphatic rings. The van der Waals surface area contributed by atoms with Crippen molar-refractivity contribution in [3.05, 3.63) is 45.6 Å². The van der Waals surface area contributed by atoms with Crippen LogP contribution in [0.3, 0.4) is 0 Å². The summed E-state index contributed by atoms with van der Waals surface area (Å²) in [7, 11) is 0. The number of nitrogens with one attached hydrogen (secondary N) is 1. The Morgan fingerprint density at radius 2 is 2.12 bits per heavy atom. The van der Waals surface area contributed by atoms with Gasteiger partial charge in [-0.25, -0.2) is 0 Å². The van der Waals surface area contributed by atoms with Crippen LogP contribution in [0.4, 0.5) is 11.4 Å². The van der Waals surface area contributed by atoms with Gasteiger partial charge in [0.05, 0.1) is 22.9 Å². The van der Waals surface area contributed by atoms with E-state index in [1.165, 1.54) is 11.3 Å². The van der Waals surface area contributed by atoms with Gasteiger partial charge in [0.2, 0.25) is 0 Å². The van der Waals surface area contributed by atoms with Gasteiger partial charge in [-0.05, 0) is 48.9 Å². The number of aryl methyl sites for hydroxylation is 1. The fourth-order valence-corrected chi connectivity index (χ4v) is 3.71. The quantitative estimate of drug-likeness (QED) is 0.899. The molecule has 1 saturated heterocycles. The molecule has 0 unspecified atom stereocenters. The molecular weight excluding hydrogens is 322 g/mol. The predicted octanol–water partition coefficient (Wildman–Crippen LogP) is 3.14. The van der Waals surface area contributed by atoms with Crippen LogP contribution in [0, 0.1) is 18.3 Å². The lowest BCUT2D eigenvalue weighted by Gasteiger charge is -2.32. The molecule has 2 aromatic rings. The second-order valence-corrected chi connectivity index (χ2v) is 6.73. The van der Waals surface area contributed by atoms with E-state index in [0.29, 0.717) is 29.7 Å². The van der Waals surface area contributed by atoms with E-state index in [9.17, 15) is 15.2 Å². The molecule has 1 aliphatic heterocycles. The Bertz CT molecular complexity index is 786. The van der Waals surface area contributed by atoms with Gasteiger partial charge >= 0.3 is 0 Å². The van der Waals surface area contributed by atoms with Crippen LogP contribution >= 0.6 is 11.3 Å². The lowest BCUT2D eigenvalue weighted by Crippen LogP contribution is -2.36. The number of carbonyl (C=O) groups is 1. The van der Waals surface area contributed by atoms with E-state index < -0.39 is 0 Å². The van der Waals surface area contributed by atoms with E-state index in [1.54, 1.807) is 6.07 Å². The van der Waals surface area contributed by atoms with Crippen molar-refractivity contribution in [1.29, 1.82) is 5.26 Å². The number of aliphatic hydroxyl groups excluding tert-OH is 1. The molecule has 124 valence electrons. The number of hydrogen-bond acceptors (Lipinski definition) is 5. The molecule has 5 nitrogen and oxygen atoms in total. The number of nitrogens with zero attached hydrogens (tertiary/aromatic N) is 2. The van der Waals surface area contributed by atoms with Crippen LogP contribution in [0.15, 0.2) is 29.0 Å². The number of anilines is 2. The largest absolute Gasteiger partial charge is 0.393 e. The smallest absolute Gasteiger partial charge is 0.256 e. The summed E-state index contributed by atoms with van der Waals surface area (Å²) in [6.45, 7) is 3.37. The van der Waals surface area contributed by atoms with Gasteiger partial charge in [-0.3, -0.25) is 4.79 Å². The SMILES string of the molecule is Cc1cscc1C(=O)Nc1ccc(N2CCC(O)CC2)c(C#N)c1. The minimum absolute atomic E-state index is 0.161. The van der Waals surface area contributed by atoms with Gasteiger partial charge in [-0.2, -0.15) is 16.6 Å². The monoisotopic (exact) mass is 341 g/mol. The molecule has 0 aliphatic carbocycles. The zero-order chi connectivity index (χ0) is 17.1. The zero-order valence-corrected chi connectivity index (χ0v) is 14.3. The fraction of sp³-hybridized carbons (Fsp3) is 0.333. The van der Waals surface area contributed by atoms with Crippen LogP contribution in [0.25, 0.3) is 0 Å². The number of thiophene rings is 1. The van der Waals surface area contributed by atoms with Crippen molar-refractivity contribution >= 4 is 28.6 Å². The Morgan fingerprint density at radius 3 is 2.75 bits per heavy atom. The summed E-state index contributed by atoms with van der Waals surface area (Å²) < 4.78 is 0. The molecule has 0 radical (unpaired) electrons. The highest BCUT2D eigenvalue weighted by Crippen LogP contribution is 2.27. The molecule has 1 amide bonds. The highest BCUT2D eigenvalue weighted by atomic mass is 32.1. The summed E-state index contributed by atoms with van der Waals surface area (Å²) in [5, 5.41) is 25.7. The average Bonchev–Trinajstić information content (AvgIpc) is 3.02. The molecule has 3 rings (SSSR count). The Labute approximate surface area is 145 Å². The number of carbonyl (C=O) groups excluding carboxylic acids is 1. The summed E-state index contributed by atoms with van der Waals surface area (Å²) in [6.07, 6.45) is 1.17. The standard InChI is InChI=1S/C18H19N3O2S/c1-12-10-24-11-16(12)18(23)20-14-2-3-17(13(8-14)9-19)21-6-4-15(22)5-7-21/h2-3,8,10-11,15,22H,4-7H2,1H3,(H,20,23). The number of nitriles is 1. The molecule has 0 atom stereocenters. The third kappa shape index (κ3) is 3.42. The Morgan fingerprint density at radius 1 is 1.38 bits per heavy atom. The van der Waals surface area contributed by atoms with Crippen molar-refractivity contribution < 1.29 is 9.90 Å². The number of piperidine rings is 1. The minimum Gasteiger partial charge on any atom is -0.393 e. The van der Waals surface area contributed by atoms with Gasteiger partial charge in [0.25, 0.3) is 5.91 Å². The Hall–Kier alpha value is -2.36. The number of rotatable bonds is 3. The first kappa shape index (κ1) is 16.5. The lowest BCUT2D eigenvalue weighted by molar-refractivity contribution is 0.102. The molecule has 1 aromatic carbocycles. The maximum atomic E-state index is 12.3. The summed E-state index contributed by atoms with van der Waals surface area (Å²) in [5.41, 5.74) is 3.61. The van der Waals surface area contributed by atoms with E-state index in [4.69, 9.17) is 0 Å². The van der Waals surface area contributed by atoms with Crippen LogP contribution in [0.1, 0.15) is 34.3 Å². The first-order valence-corrected chi connectivity index (χ1v) is 8.84. The summed E-state index contributed by atoms with van der Waals surface area (Å²) in [6, 6.07) is 7.61. The molecule has 1 fully saturated rings. The van der Waals surface area contributed by atoms with Gasteiger partial charge in [-0.15, -0.1) is 0 Å². The van der Waals surface area contributed by atoms with E-state index in [2.05, 4.69) is 16.3 Å². The van der Waals surface area contributed by atoms with Crippen molar-refractivity contribution in [2.45, 2.75) is 25.9 Å². The zero-order valence-electron chi connectivity index (χ0n) is 13.5. The molecule has 0 spiro atoms. The summed E-state index contributed by atoms with van der Waals surface area (Å²) in [5.74, 6) is -0.161. The van der Waals surface area contributed by atoms with Crippen molar-refractivity contribution in [2.75, 3.05) is 23.3 Å². The summed E-state index contributed by atoms with van der Waals surface area (Å²) in [4.78, 5) is 14.4. The second kappa shape index (κ2) is 7.04. The van der Waals surface area contributed by atoms with Crippen molar-refractivity contribution in [3.8, 4) is 6.07 Å². The molecule has 1 aromatic heterocycles. The van der Waals surface area contributed by atoms with Gasteiger partial charge < -0.3 is 15.3 Å². The van der Waals surface area contributed by atoms with Crippen LogP contribution in [0.2, 0.25) is 0 Å². The number of hydrogen-bond donors (Lipinski definition) is 2. The maximum absolute atomic E-state index is 12.3. The number of aliphatic hydroxyl groups is 1. The molecule has 2 N–H and O–H groups in total. The predicted molar refractivity (Wildman–Crippen MR) is 95.6 cm³/mol. The normalized spacial score (nSPS) is 15.1. The molecule has 0 saturated carbocycles. The summed E-state index contributed by atoms with van der Waals surface area (Å²) >= 11 is 1.49. The molecule has 24 heavy (non-hydrogen) atoms. The Balaban J connectivity index is 1.78. The second-order valence-electron chi connectivity index (χ2n) is 5.98. The fourth-order valence-electron chi connectivity index (χ4n) is 2.88.